The molecule has 0 unspecified atom stereocenters. The lowest BCUT2D eigenvalue weighted by Crippen LogP contribution is -2.36. The van der Waals surface area contributed by atoms with Crippen molar-refractivity contribution in [2.75, 3.05) is 0 Å². The van der Waals surface area contributed by atoms with Gasteiger partial charge in [0.15, 0.2) is 6.10 Å². The maximum absolute atomic E-state index is 12.3. The van der Waals surface area contributed by atoms with Crippen LogP contribution in [-0.4, -0.2) is 31.6 Å². The van der Waals surface area contributed by atoms with Gasteiger partial charge in [0, 0.05) is 7.05 Å². The number of nitrogens with one attached hydrogen (secondary N) is 1. The Balaban J connectivity index is 1.62. The highest BCUT2D eigenvalue weighted by Crippen LogP contribution is 2.25. The average molecular weight is 374 g/mol. The van der Waals surface area contributed by atoms with Crippen LogP contribution in [0.2, 0.25) is 5.02 Å². The number of aromatic nitrogens is 4. The Hall–Kier alpha value is -2.80. The van der Waals surface area contributed by atoms with Crippen LogP contribution in [0, 0.1) is 6.92 Å². The molecule has 0 bridgehead atoms. The standard InChI is InChI=1S/C18H20ClN5O2/c1-12-9-15(23(3)21-12)10-20-17(25)13(2)26-18-16(19)11-24(22-18)14-7-5-4-6-8-14/h4-9,11,13H,10H2,1-3H3,(H,20,25)/t13-/m0/s1. The van der Waals surface area contributed by atoms with Crippen LogP contribution >= 0.6 is 11.6 Å². The van der Waals surface area contributed by atoms with Crippen molar-refractivity contribution < 1.29 is 9.53 Å². The highest BCUT2D eigenvalue weighted by Gasteiger charge is 2.19. The minimum atomic E-state index is -0.735. The molecule has 1 N–H and O–H groups in total. The summed E-state index contributed by atoms with van der Waals surface area (Å²) in [7, 11) is 1.84. The second-order valence-corrected chi connectivity index (χ2v) is 6.35. The maximum Gasteiger partial charge on any atom is 0.261 e. The number of nitrogens with zero attached hydrogens (tertiary/aromatic N) is 4. The minimum absolute atomic E-state index is 0.217. The molecule has 0 fully saturated rings. The fourth-order valence-corrected chi connectivity index (χ4v) is 2.68. The van der Waals surface area contributed by atoms with Crippen molar-refractivity contribution in [3.8, 4) is 11.6 Å². The zero-order valence-corrected chi connectivity index (χ0v) is 15.6. The molecule has 0 radical (unpaired) electrons. The number of amides is 1. The van der Waals surface area contributed by atoms with Gasteiger partial charge in [0.1, 0.15) is 5.02 Å². The van der Waals surface area contributed by atoms with Crippen molar-refractivity contribution in [3.05, 3.63) is 59.0 Å². The zero-order chi connectivity index (χ0) is 18.7. The van der Waals surface area contributed by atoms with Crippen LogP contribution in [0.5, 0.6) is 5.88 Å². The predicted molar refractivity (Wildman–Crippen MR) is 98.5 cm³/mol. The number of benzene rings is 1. The van der Waals surface area contributed by atoms with Crippen LogP contribution in [0.3, 0.4) is 0 Å². The van der Waals surface area contributed by atoms with E-state index in [0.717, 1.165) is 17.1 Å². The third-order valence-corrected chi connectivity index (χ3v) is 4.12. The van der Waals surface area contributed by atoms with Crippen molar-refractivity contribution in [2.45, 2.75) is 26.5 Å². The molecule has 0 aliphatic carbocycles. The number of rotatable bonds is 6. The molecular weight excluding hydrogens is 354 g/mol. The van der Waals surface area contributed by atoms with Gasteiger partial charge in [0.25, 0.3) is 11.8 Å². The number of ether oxygens (including phenoxy) is 1. The zero-order valence-electron chi connectivity index (χ0n) is 14.8. The maximum atomic E-state index is 12.3. The Labute approximate surface area is 156 Å². The molecule has 0 spiro atoms. The van der Waals surface area contributed by atoms with E-state index in [-0.39, 0.29) is 11.8 Å². The van der Waals surface area contributed by atoms with Crippen molar-refractivity contribution in [3.63, 3.8) is 0 Å². The smallest absolute Gasteiger partial charge is 0.261 e. The van der Waals surface area contributed by atoms with E-state index in [1.807, 2.05) is 50.4 Å². The van der Waals surface area contributed by atoms with Crippen LogP contribution in [0.1, 0.15) is 18.3 Å². The Morgan fingerprint density at radius 1 is 1.31 bits per heavy atom. The van der Waals surface area contributed by atoms with Crippen LogP contribution in [0.15, 0.2) is 42.6 Å². The Morgan fingerprint density at radius 3 is 2.69 bits per heavy atom. The van der Waals surface area contributed by atoms with Crippen molar-refractivity contribution in [2.24, 2.45) is 7.05 Å². The summed E-state index contributed by atoms with van der Waals surface area (Å²) < 4.78 is 8.98. The summed E-state index contributed by atoms with van der Waals surface area (Å²) in [5.74, 6) is -0.0382. The summed E-state index contributed by atoms with van der Waals surface area (Å²) in [6, 6.07) is 11.5. The summed E-state index contributed by atoms with van der Waals surface area (Å²) in [4.78, 5) is 12.3. The third kappa shape index (κ3) is 4.05. The van der Waals surface area contributed by atoms with E-state index >= 15 is 0 Å². The summed E-state index contributed by atoms with van der Waals surface area (Å²) in [5, 5.41) is 11.7. The predicted octanol–water partition coefficient (Wildman–Crippen LogP) is 2.65. The minimum Gasteiger partial charge on any atom is -0.462 e. The number of halogens is 1. The molecule has 3 aromatic rings. The van der Waals surface area contributed by atoms with E-state index in [2.05, 4.69) is 15.5 Å². The number of carbonyl (C=O) groups is 1. The number of carbonyl (C=O) groups excluding carboxylic acids is 1. The second kappa shape index (κ2) is 7.61. The van der Waals surface area contributed by atoms with Crippen LogP contribution in [-0.2, 0) is 18.4 Å². The molecule has 136 valence electrons. The molecule has 2 aromatic heterocycles. The molecule has 0 saturated carbocycles. The van der Waals surface area contributed by atoms with Gasteiger partial charge in [0.2, 0.25) is 0 Å². The molecular formula is C18H20ClN5O2. The van der Waals surface area contributed by atoms with Gasteiger partial charge in [-0.3, -0.25) is 9.48 Å². The molecule has 1 amide bonds. The van der Waals surface area contributed by atoms with E-state index in [1.165, 1.54) is 0 Å². The lowest BCUT2D eigenvalue weighted by molar-refractivity contribution is -0.127. The quantitative estimate of drug-likeness (QED) is 0.720. The third-order valence-electron chi connectivity index (χ3n) is 3.86. The molecule has 3 rings (SSSR count). The molecule has 0 saturated heterocycles. The molecule has 0 aliphatic rings. The molecule has 1 aromatic carbocycles. The summed E-state index contributed by atoms with van der Waals surface area (Å²) in [6.07, 6.45) is 0.913. The fourth-order valence-electron chi connectivity index (χ4n) is 2.50. The van der Waals surface area contributed by atoms with Gasteiger partial charge in [-0.15, -0.1) is 5.10 Å². The normalized spacial score (nSPS) is 12.0. The first-order valence-corrected chi connectivity index (χ1v) is 8.56. The van der Waals surface area contributed by atoms with Crippen LogP contribution in [0.25, 0.3) is 5.69 Å². The highest BCUT2D eigenvalue weighted by atomic mass is 35.5. The monoisotopic (exact) mass is 373 g/mol. The second-order valence-electron chi connectivity index (χ2n) is 5.94. The number of hydrogen-bond acceptors (Lipinski definition) is 4. The largest absolute Gasteiger partial charge is 0.462 e. The van der Waals surface area contributed by atoms with E-state index in [1.54, 1.807) is 22.5 Å². The van der Waals surface area contributed by atoms with Crippen molar-refractivity contribution in [1.29, 1.82) is 0 Å². The summed E-state index contributed by atoms with van der Waals surface area (Å²) in [6.45, 7) is 3.93. The molecule has 8 heteroatoms. The lowest BCUT2D eigenvalue weighted by Gasteiger charge is -2.13. The highest BCUT2D eigenvalue weighted by molar-refractivity contribution is 6.31. The van der Waals surface area contributed by atoms with Gasteiger partial charge < -0.3 is 10.1 Å². The first-order valence-electron chi connectivity index (χ1n) is 8.18. The number of hydrogen-bond donors (Lipinski definition) is 1. The van der Waals surface area contributed by atoms with Gasteiger partial charge in [-0.25, -0.2) is 4.68 Å². The first-order chi connectivity index (χ1) is 12.4. The Bertz CT molecular complexity index is 904. The number of aryl methyl sites for hydroxylation is 2. The van der Waals surface area contributed by atoms with Crippen molar-refractivity contribution >= 4 is 17.5 Å². The van der Waals surface area contributed by atoms with Gasteiger partial charge >= 0.3 is 0 Å². The lowest BCUT2D eigenvalue weighted by atomic mass is 10.3. The van der Waals surface area contributed by atoms with Gasteiger partial charge in [-0.2, -0.15) is 5.10 Å². The SMILES string of the molecule is Cc1cc(CNC(=O)[C@H](C)Oc2nn(-c3ccccc3)cc2Cl)n(C)n1. The molecule has 26 heavy (non-hydrogen) atoms. The Kier molecular flexibility index (Phi) is 5.27. The van der Waals surface area contributed by atoms with E-state index < -0.39 is 6.10 Å². The van der Waals surface area contributed by atoms with E-state index in [9.17, 15) is 4.79 Å². The summed E-state index contributed by atoms with van der Waals surface area (Å²) >= 11 is 6.19. The van der Waals surface area contributed by atoms with Crippen LogP contribution < -0.4 is 10.1 Å². The Morgan fingerprint density at radius 2 is 2.04 bits per heavy atom. The van der Waals surface area contributed by atoms with Gasteiger partial charge in [-0.05, 0) is 32.0 Å². The average Bonchev–Trinajstić information content (AvgIpc) is 3.15. The topological polar surface area (TPSA) is 74.0 Å². The van der Waals surface area contributed by atoms with E-state index in [4.69, 9.17) is 16.3 Å². The molecule has 0 aliphatic heterocycles. The number of para-hydroxylation sites is 1. The van der Waals surface area contributed by atoms with Gasteiger partial charge in [-0.1, -0.05) is 29.8 Å². The summed E-state index contributed by atoms with van der Waals surface area (Å²) in [5.41, 5.74) is 2.67. The molecule has 7 nitrogen and oxygen atoms in total. The van der Waals surface area contributed by atoms with Crippen LogP contribution in [0.4, 0.5) is 0 Å². The fraction of sp³-hybridized carbons (Fsp3) is 0.278. The molecule has 1 atom stereocenters. The molecule has 2 heterocycles. The van der Waals surface area contributed by atoms with E-state index in [0.29, 0.717) is 11.6 Å². The van der Waals surface area contributed by atoms with Gasteiger partial charge in [0.05, 0.1) is 29.8 Å². The first kappa shape index (κ1) is 18.0. The van der Waals surface area contributed by atoms with Crippen molar-refractivity contribution in [1.82, 2.24) is 24.9 Å².